The second-order valence-electron chi connectivity index (χ2n) is 6.23. The van der Waals surface area contributed by atoms with Crippen LogP contribution in [0.3, 0.4) is 0 Å². The summed E-state index contributed by atoms with van der Waals surface area (Å²) in [6, 6.07) is 10.1. The first-order valence-electron chi connectivity index (χ1n) is 8.73. The van der Waals surface area contributed by atoms with Crippen molar-refractivity contribution in [3.05, 3.63) is 35.9 Å². The van der Waals surface area contributed by atoms with Crippen molar-refractivity contribution in [1.29, 1.82) is 0 Å². The Hall–Kier alpha value is -1.51. The summed E-state index contributed by atoms with van der Waals surface area (Å²) in [6.07, 6.45) is 10.8. The molecule has 0 saturated heterocycles. The van der Waals surface area contributed by atoms with Crippen molar-refractivity contribution in [2.24, 2.45) is 5.92 Å². The van der Waals surface area contributed by atoms with E-state index in [1.807, 2.05) is 30.3 Å². The molecule has 0 atom stereocenters. The smallest absolute Gasteiger partial charge is 0.428 e. The number of nitrogens with zero attached hydrogens (tertiary/aromatic N) is 1. The van der Waals surface area contributed by atoms with E-state index < -0.39 is 6.09 Å². The maximum absolute atomic E-state index is 11.6. The molecule has 22 heavy (non-hydrogen) atoms. The predicted molar refractivity (Wildman–Crippen MR) is 88.9 cm³/mol. The van der Waals surface area contributed by atoms with E-state index in [9.17, 15) is 4.79 Å². The molecule has 3 nitrogen and oxygen atoms in total. The molecule has 0 aromatic heterocycles. The van der Waals surface area contributed by atoms with Gasteiger partial charge in [0.05, 0.1) is 6.61 Å². The van der Waals surface area contributed by atoms with E-state index in [0.29, 0.717) is 13.2 Å². The van der Waals surface area contributed by atoms with Crippen LogP contribution in [0.1, 0.15) is 56.9 Å². The highest BCUT2D eigenvalue weighted by Gasteiger charge is 2.12. The molecular formula is C19H28NO2. The third-order valence-electron chi connectivity index (χ3n) is 4.45. The zero-order chi connectivity index (χ0) is 15.5. The topological polar surface area (TPSA) is 40.4 Å². The summed E-state index contributed by atoms with van der Waals surface area (Å²) < 4.78 is 5.15. The van der Waals surface area contributed by atoms with E-state index in [-0.39, 0.29) is 0 Å². The molecule has 0 bridgehead atoms. The molecule has 0 unspecified atom stereocenters. The third kappa shape index (κ3) is 6.97. The van der Waals surface area contributed by atoms with E-state index in [1.165, 1.54) is 50.5 Å². The molecule has 0 aliphatic heterocycles. The van der Waals surface area contributed by atoms with Crippen molar-refractivity contribution >= 4 is 6.09 Å². The van der Waals surface area contributed by atoms with Gasteiger partial charge in [-0.15, -0.1) is 0 Å². The minimum absolute atomic E-state index is 0.406. The largest absolute Gasteiger partial charge is 0.448 e. The quantitative estimate of drug-likeness (QED) is 0.540. The standard InChI is InChI=1S/C19H28NO2/c21-19(22-16-14-18-11-6-3-7-12-18)20-15-8-13-17-9-4-1-2-5-10-17/h3,6-7,11-12,17H,1-2,4-5,8-10,13-16H2. The van der Waals surface area contributed by atoms with Crippen LogP contribution in [0.4, 0.5) is 4.79 Å². The lowest BCUT2D eigenvalue weighted by atomic mass is 9.95. The van der Waals surface area contributed by atoms with Gasteiger partial charge in [0, 0.05) is 13.0 Å². The van der Waals surface area contributed by atoms with E-state index in [4.69, 9.17) is 4.74 Å². The summed E-state index contributed by atoms with van der Waals surface area (Å²) in [5, 5.41) is 4.00. The number of amides is 1. The fourth-order valence-electron chi connectivity index (χ4n) is 3.15. The Labute approximate surface area is 134 Å². The van der Waals surface area contributed by atoms with Crippen LogP contribution in [0.25, 0.3) is 0 Å². The number of carbonyl (C=O) groups excluding carboxylic acids is 1. The van der Waals surface area contributed by atoms with E-state index in [2.05, 4.69) is 5.32 Å². The summed E-state index contributed by atoms with van der Waals surface area (Å²) in [7, 11) is 0. The Kier molecular flexibility index (Phi) is 7.86. The SMILES string of the molecule is O=C([N]CCCC1CCCCCC1)OCCc1ccccc1. The van der Waals surface area contributed by atoms with Gasteiger partial charge in [0.25, 0.3) is 0 Å². The molecule has 0 spiro atoms. The van der Waals surface area contributed by atoms with Gasteiger partial charge >= 0.3 is 6.09 Å². The molecule has 3 heteroatoms. The van der Waals surface area contributed by atoms with Crippen molar-refractivity contribution in [3.8, 4) is 0 Å². The van der Waals surface area contributed by atoms with Crippen molar-refractivity contribution in [2.45, 2.75) is 57.8 Å². The number of hydrogen-bond acceptors (Lipinski definition) is 2. The minimum Gasteiger partial charge on any atom is -0.448 e. The van der Waals surface area contributed by atoms with Gasteiger partial charge in [0.15, 0.2) is 0 Å². The second-order valence-corrected chi connectivity index (χ2v) is 6.23. The van der Waals surface area contributed by atoms with Crippen LogP contribution in [-0.4, -0.2) is 19.2 Å². The van der Waals surface area contributed by atoms with Gasteiger partial charge in [0.1, 0.15) is 0 Å². The number of ether oxygens (including phenoxy) is 1. The van der Waals surface area contributed by atoms with E-state index >= 15 is 0 Å². The summed E-state index contributed by atoms with van der Waals surface area (Å²) >= 11 is 0. The molecule has 1 radical (unpaired) electrons. The van der Waals surface area contributed by atoms with Gasteiger partial charge in [-0.3, -0.25) is 0 Å². The summed E-state index contributed by atoms with van der Waals surface area (Å²) in [5.41, 5.74) is 1.18. The molecule has 1 saturated carbocycles. The van der Waals surface area contributed by atoms with Gasteiger partial charge in [-0.1, -0.05) is 68.9 Å². The van der Waals surface area contributed by atoms with Gasteiger partial charge in [-0.05, 0) is 24.3 Å². The molecule has 1 amide bonds. The zero-order valence-electron chi connectivity index (χ0n) is 13.5. The van der Waals surface area contributed by atoms with Gasteiger partial charge in [0.2, 0.25) is 0 Å². The maximum Gasteiger partial charge on any atom is 0.428 e. The number of benzene rings is 1. The number of rotatable bonds is 7. The van der Waals surface area contributed by atoms with Crippen molar-refractivity contribution in [3.63, 3.8) is 0 Å². The Balaban J connectivity index is 1.48. The highest BCUT2D eigenvalue weighted by atomic mass is 16.5. The van der Waals surface area contributed by atoms with Gasteiger partial charge < -0.3 is 4.74 Å². The maximum atomic E-state index is 11.6. The highest BCUT2D eigenvalue weighted by Crippen LogP contribution is 2.26. The van der Waals surface area contributed by atoms with Crippen LogP contribution in [0, 0.1) is 5.92 Å². The first-order valence-corrected chi connectivity index (χ1v) is 8.73. The summed E-state index contributed by atoms with van der Waals surface area (Å²) in [6.45, 7) is 1.02. The minimum atomic E-state index is -0.406. The normalized spacial score (nSPS) is 16.0. The predicted octanol–water partition coefficient (Wildman–Crippen LogP) is 4.72. The molecule has 1 aromatic rings. The lowest BCUT2D eigenvalue weighted by molar-refractivity contribution is 0.146. The van der Waals surface area contributed by atoms with Crippen molar-refractivity contribution in [1.82, 2.24) is 5.32 Å². The van der Waals surface area contributed by atoms with Crippen LogP contribution in [0.15, 0.2) is 30.3 Å². The highest BCUT2D eigenvalue weighted by molar-refractivity contribution is 5.66. The molecule has 1 aliphatic rings. The Morgan fingerprint density at radius 2 is 1.82 bits per heavy atom. The van der Waals surface area contributed by atoms with Gasteiger partial charge in [-0.25, -0.2) is 10.1 Å². The fraction of sp³-hybridized carbons (Fsp3) is 0.632. The first kappa shape index (κ1) is 16.9. The monoisotopic (exact) mass is 302 g/mol. The van der Waals surface area contributed by atoms with Crippen LogP contribution >= 0.6 is 0 Å². The third-order valence-corrected chi connectivity index (χ3v) is 4.45. The molecular weight excluding hydrogens is 274 g/mol. The number of hydrogen-bond donors (Lipinski definition) is 0. The van der Waals surface area contributed by atoms with E-state index in [0.717, 1.165) is 18.8 Å². The van der Waals surface area contributed by atoms with Crippen molar-refractivity contribution in [2.75, 3.05) is 13.2 Å². The van der Waals surface area contributed by atoms with E-state index in [1.54, 1.807) is 0 Å². The first-order chi connectivity index (χ1) is 10.8. The molecule has 1 aliphatic carbocycles. The lowest BCUT2D eigenvalue weighted by Gasteiger charge is -2.13. The molecule has 121 valence electrons. The fourth-order valence-corrected chi connectivity index (χ4v) is 3.15. The molecule has 0 N–H and O–H groups in total. The molecule has 2 rings (SSSR count). The lowest BCUT2D eigenvalue weighted by Crippen LogP contribution is -2.19. The Morgan fingerprint density at radius 1 is 1.09 bits per heavy atom. The summed E-state index contributed by atoms with van der Waals surface area (Å²) in [5.74, 6) is 0.854. The average Bonchev–Trinajstić information content (AvgIpc) is 2.81. The van der Waals surface area contributed by atoms with Crippen LogP contribution in [0.5, 0.6) is 0 Å². The van der Waals surface area contributed by atoms with Crippen LogP contribution in [-0.2, 0) is 11.2 Å². The Morgan fingerprint density at radius 3 is 2.55 bits per heavy atom. The molecule has 1 fully saturated rings. The van der Waals surface area contributed by atoms with Crippen molar-refractivity contribution < 1.29 is 9.53 Å². The zero-order valence-corrected chi connectivity index (χ0v) is 13.5. The number of carbonyl (C=O) groups is 1. The summed E-state index contributed by atoms with van der Waals surface area (Å²) in [4.78, 5) is 11.6. The molecule has 1 aromatic carbocycles. The Bertz CT molecular complexity index is 411. The molecule has 0 heterocycles. The van der Waals surface area contributed by atoms with Crippen LogP contribution in [0.2, 0.25) is 0 Å². The van der Waals surface area contributed by atoms with Gasteiger partial charge in [-0.2, -0.15) is 0 Å². The second kappa shape index (κ2) is 10.3. The average molecular weight is 302 g/mol. The van der Waals surface area contributed by atoms with Crippen LogP contribution < -0.4 is 5.32 Å².